The minimum Gasteiger partial charge on any atom is -0.492 e. The quantitative estimate of drug-likeness (QED) is 0.560. The largest absolute Gasteiger partial charge is 0.492 e. The fourth-order valence-corrected chi connectivity index (χ4v) is 3.99. The summed E-state index contributed by atoms with van der Waals surface area (Å²) >= 11 is 0. The first-order valence-electron chi connectivity index (χ1n) is 8.92. The first kappa shape index (κ1) is 19.2. The third-order valence-electron chi connectivity index (χ3n) is 4.33. The highest BCUT2D eigenvalue weighted by molar-refractivity contribution is 7.87. The molecule has 0 aliphatic rings. The van der Waals surface area contributed by atoms with Crippen LogP contribution in [0, 0.1) is 0 Å². The zero-order valence-corrected chi connectivity index (χ0v) is 16.8. The van der Waals surface area contributed by atoms with E-state index >= 15 is 0 Å². The highest BCUT2D eigenvalue weighted by Crippen LogP contribution is 2.34. The van der Waals surface area contributed by atoms with E-state index in [-0.39, 0.29) is 10.3 Å². The molecule has 0 heterocycles. The molecule has 0 aliphatic carbocycles. The molecule has 5 heteroatoms. The number of ether oxygens (including phenoxy) is 1. The van der Waals surface area contributed by atoms with Crippen LogP contribution in [0.1, 0.15) is 33.3 Å². The standard InChI is InChI=1S/C22H24O4S/c1-5-25-20-14-13-17(22(2,3)4)15-21(20)27(23,24)26-19-12-8-10-16-9-6-7-11-18(16)19/h6-15H,5H2,1-4H3. The van der Waals surface area contributed by atoms with Crippen molar-refractivity contribution in [1.29, 1.82) is 0 Å². The maximum absolute atomic E-state index is 13.1. The lowest BCUT2D eigenvalue weighted by Crippen LogP contribution is -2.16. The van der Waals surface area contributed by atoms with Gasteiger partial charge in [0.1, 0.15) is 10.6 Å². The second-order valence-corrected chi connectivity index (χ2v) is 8.87. The van der Waals surface area contributed by atoms with E-state index in [1.54, 1.807) is 24.3 Å². The molecule has 0 N–H and O–H groups in total. The molecule has 0 unspecified atom stereocenters. The maximum Gasteiger partial charge on any atom is 0.342 e. The molecule has 3 aromatic rings. The van der Waals surface area contributed by atoms with Gasteiger partial charge in [0.25, 0.3) is 0 Å². The van der Waals surface area contributed by atoms with E-state index < -0.39 is 10.1 Å². The average molecular weight is 384 g/mol. The molecule has 0 fully saturated rings. The molecule has 0 bridgehead atoms. The third-order valence-corrected chi connectivity index (χ3v) is 5.58. The van der Waals surface area contributed by atoms with Crippen molar-refractivity contribution in [3.05, 3.63) is 66.2 Å². The molecule has 27 heavy (non-hydrogen) atoms. The first-order chi connectivity index (χ1) is 12.7. The van der Waals surface area contributed by atoms with Gasteiger partial charge in [0, 0.05) is 5.39 Å². The molecule has 0 amide bonds. The van der Waals surface area contributed by atoms with Gasteiger partial charge in [-0.05, 0) is 41.5 Å². The van der Waals surface area contributed by atoms with Crippen LogP contribution in [-0.4, -0.2) is 15.0 Å². The summed E-state index contributed by atoms with van der Waals surface area (Å²) in [6.07, 6.45) is 0. The van der Waals surface area contributed by atoms with Crippen LogP contribution in [0.2, 0.25) is 0 Å². The van der Waals surface area contributed by atoms with Gasteiger partial charge >= 0.3 is 10.1 Å². The van der Waals surface area contributed by atoms with Crippen LogP contribution < -0.4 is 8.92 Å². The Kier molecular flexibility index (Phi) is 5.16. The molecule has 3 aromatic carbocycles. The van der Waals surface area contributed by atoms with E-state index in [0.717, 1.165) is 16.3 Å². The minimum atomic E-state index is -4.07. The Morgan fingerprint density at radius 2 is 1.59 bits per heavy atom. The summed E-state index contributed by atoms with van der Waals surface area (Å²) in [7, 11) is -4.07. The van der Waals surface area contributed by atoms with Gasteiger partial charge in [0.05, 0.1) is 6.61 Å². The van der Waals surface area contributed by atoms with Crippen molar-refractivity contribution in [2.24, 2.45) is 0 Å². The number of rotatable bonds is 5. The zero-order valence-electron chi connectivity index (χ0n) is 16.0. The summed E-state index contributed by atoms with van der Waals surface area (Å²) in [5.74, 6) is 0.599. The van der Waals surface area contributed by atoms with Crippen LogP contribution in [0.3, 0.4) is 0 Å². The average Bonchev–Trinajstić information content (AvgIpc) is 2.61. The van der Waals surface area contributed by atoms with Crippen LogP contribution in [0.4, 0.5) is 0 Å². The van der Waals surface area contributed by atoms with Crippen molar-refractivity contribution in [2.75, 3.05) is 6.61 Å². The van der Waals surface area contributed by atoms with E-state index in [4.69, 9.17) is 8.92 Å². The molecule has 0 spiro atoms. The van der Waals surface area contributed by atoms with Crippen molar-refractivity contribution < 1.29 is 17.3 Å². The van der Waals surface area contributed by atoms with Crippen LogP contribution in [0.5, 0.6) is 11.5 Å². The minimum absolute atomic E-state index is 0.0460. The maximum atomic E-state index is 13.1. The highest BCUT2D eigenvalue weighted by atomic mass is 32.2. The Morgan fingerprint density at radius 3 is 2.30 bits per heavy atom. The van der Waals surface area contributed by atoms with Crippen molar-refractivity contribution >= 4 is 20.9 Å². The predicted octanol–water partition coefficient (Wildman–Crippen LogP) is 5.30. The molecule has 0 aromatic heterocycles. The SMILES string of the molecule is CCOc1ccc(C(C)(C)C)cc1S(=O)(=O)Oc1cccc2ccccc12. The molecule has 142 valence electrons. The van der Waals surface area contributed by atoms with Gasteiger partial charge in [-0.25, -0.2) is 0 Å². The molecular weight excluding hydrogens is 360 g/mol. The molecular formula is C22H24O4S. The fraction of sp³-hybridized carbons (Fsp3) is 0.273. The van der Waals surface area contributed by atoms with Crippen molar-refractivity contribution in [3.8, 4) is 11.5 Å². The Balaban J connectivity index is 2.10. The summed E-state index contributed by atoms with van der Waals surface area (Å²) in [5, 5.41) is 1.66. The lowest BCUT2D eigenvalue weighted by atomic mass is 9.87. The summed E-state index contributed by atoms with van der Waals surface area (Å²) in [6, 6.07) is 18.1. The number of hydrogen-bond donors (Lipinski definition) is 0. The van der Waals surface area contributed by atoms with Crippen molar-refractivity contribution in [2.45, 2.75) is 38.0 Å². The van der Waals surface area contributed by atoms with Crippen LogP contribution in [0.15, 0.2) is 65.6 Å². The first-order valence-corrected chi connectivity index (χ1v) is 10.3. The lowest BCUT2D eigenvalue weighted by molar-refractivity contribution is 0.329. The Bertz CT molecular complexity index is 1060. The van der Waals surface area contributed by atoms with Crippen LogP contribution in [-0.2, 0) is 15.5 Å². The summed E-state index contributed by atoms with van der Waals surface area (Å²) in [4.78, 5) is 0.0460. The van der Waals surface area contributed by atoms with E-state index in [1.807, 2.05) is 64.1 Å². The molecule has 0 atom stereocenters. The summed E-state index contributed by atoms with van der Waals surface area (Å²) in [5.41, 5.74) is 0.695. The summed E-state index contributed by atoms with van der Waals surface area (Å²) < 4.78 is 37.3. The van der Waals surface area contributed by atoms with Crippen LogP contribution in [0.25, 0.3) is 10.8 Å². The Labute approximate surface area is 160 Å². The molecule has 4 nitrogen and oxygen atoms in total. The smallest absolute Gasteiger partial charge is 0.342 e. The molecule has 0 saturated carbocycles. The molecule has 0 saturated heterocycles. The zero-order chi connectivity index (χ0) is 19.7. The van der Waals surface area contributed by atoms with Gasteiger partial charge in [-0.1, -0.05) is 63.2 Å². The van der Waals surface area contributed by atoms with Gasteiger partial charge in [-0.3, -0.25) is 0 Å². The van der Waals surface area contributed by atoms with E-state index in [1.165, 1.54) is 0 Å². The van der Waals surface area contributed by atoms with Gasteiger partial charge in [-0.2, -0.15) is 8.42 Å². The van der Waals surface area contributed by atoms with Crippen LogP contribution >= 0.6 is 0 Å². The van der Waals surface area contributed by atoms with E-state index in [0.29, 0.717) is 18.1 Å². The second kappa shape index (κ2) is 7.24. The lowest BCUT2D eigenvalue weighted by Gasteiger charge is -2.21. The monoisotopic (exact) mass is 384 g/mol. The summed E-state index contributed by atoms with van der Waals surface area (Å²) in [6.45, 7) is 8.28. The van der Waals surface area contributed by atoms with Crippen molar-refractivity contribution in [3.63, 3.8) is 0 Å². The van der Waals surface area contributed by atoms with Gasteiger partial charge in [0.2, 0.25) is 0 Å². The molecule has 0 radical (unpaired) electrons. The molecule has 3 rings (SSSR count). The van der Waals surface area contributed by atoms with Gasteiger partial charge in [-0.15, -0.1) is 0 Å². The van der Waals surface area contributed by atoms with E-state index in [9.17, 15) is 8.42 Å². The van der Waals surface area contributed by atoms with Crippen molar-refractivity contribution in [1.82, 2.24) is 0 Å². The third kappa shape index (κ3) is 4.08. The number of fused-ring (bicyclic) bond motifs is 1. The topological polar surface area (TPSA) is 52.6 Å². The van der Waals surface area contributed by atoms with Gasteiger partial charge in [0.15, 0.2) is 5.75 Å². The highest BCUT2D eigenvalue weighted by Gasteiger charge is 2.26. The second-order valence-electron chi connectivity index (χ2n) is 7.36. The number of hydrogen-bond acceptors (Lipinski definition) is 4. The Morgan fingerprint density at radius 1 is 0.889 bits per heavy atom. The Hall–Kier alpha value is -2.53. The predicted molar refractivity (Wildman–Crippen MR) is 108 cm³/mol. The van der Waals surface area contributed by atoms with E-state index in [2.05, 4.69) is 0 Å². The fourth-order valence-electron chi connectivity index (χ4n) is 2.88. The molecule has 0 aliphatic heterocycles. The normalized spacial score (nSPS) is 12.1. The van der Waals surface area contributed by atoms with Gasteiger partial charge < -0.3 is 8.92 Å². The number of benzene rings is 3.